The standard InChI is InChI=1S/C20H30F2N4OS/c1-12(23)14-5-6-15-16(11-14)25-18(24-15)17(26-28(27)19(2,3)4)13-7-9-20(21,22)10-8-13/h5-6,11-13,17,26H,7-10,23H2,1-4H3,(H,24,25)/t12-,17-,28?/m0/s1. The molecule has 1 saturated carbocycles. The summed E-state index contributed by atoms with van der Waals surface area (Å²) in [5, 5.41) is 0. The zero-order valence-electron chi connectivity index (χ0n) is 16.9. The maximum Gasteiger partial charge on any atom is 0.248 e. The monoisotopic (exact) mass is 412 g/mol. The lowest BCUT2D eigenvalue weighted by Gasteiger charge is -2.35. The van der Waals surface area contributed by atoms with Gasteiger partial charge < -0.3 is 15.3 Å². The van der Waals surface area contributed by atoms with Crippen LogP contribution in [0.4, 0.5) is 8.78 Å². The molecule has 0 spiro atoms. The number of fused-ring (bicyclic) bond motifs is 1. The molecule has 1 heterocycles. The molecule has 0 aliphatic heterocycles. The van der Waals surface area contributed by atoms with Gasteiger partial charge in [-0.05, 0) is 64.2 Å². The molecule has 5 nitrogen and oxygen atoms in total. The number of alkyl halides is 2. The summed E-state index contributed by atoms with van der Waals surface area (Å²) >= 11 is -1.34. The molecule has 1 unspecified atom stereocenters. The molecule has 1 aliphatic carbocycles. The first kappa shape index (κ1) is 21.5. The molecule has 3 rings (SSSR count). The Morgan fingerprint density at radius 2 is 1.96 bits per heavy atom. The summed E-state index contributed by atoms with van der Waals surface area (Å²) in [5.74, 6) is -2.02. The molecule has 8 heteroatoms. The normalized spacial score (nSPS) is 21.6. The van der Waals surface area contributed by atoms with Crippen molar-refractivity contribution in [3.05, 3.63) is 29.6 Å². The van der Waals surface area contributed by atoms with Gasteiger partial charge in [0, 0.05) is 30.2 Å². The van der Waals surface area contributed by atoms with Gasteiger partial charge in [0.2, 0.25) is 5.92 Å². The zero-order chi connectivity index (χ0) is 20.7. The van der Waals surface area contributed by atoms with E-state index in [0.717, 1.165) is 16.6 Å². The van der Waals surface area contributed by atoms with Crippen LogP contribution >= 0.6 is 0 Å². The quantitative estimate of drug-likeness (QED) is 0.631. The third kappa shape index (κ3) is 4.84. The lowest BCUT2D eigenvalue weighted by molar-refractivity contribution is -0.0492. The average molecular weight is 413 g/mol. The van der Waals surface area contributed by atoms with Crippen molar-refractivity contribution >= 4 is 22.4 Å². The third-order valence-corrected chi connectivity index (χ3v) is 6.95. The van der Waals surface area contributed by atoms with Gasteiger partial charge in [-0.25, -0.2) is 13.8 Å². The van der Waals surface area contributed by atoms with E-state index >= 15 is 0 Å². The number of halogens is 2. The van der Waals surface area contributed by atoms with Gasteiger partial charge in [0.1, 0.15) is 16.6 Å². The van der Waals surface area contributed by atoms with E-state index in [1.165, 1.54) is 0 Å². The highest BCUT2D eigenvalue weighted by Gasteiger charge is 2.41. The van der Waals surface area contributed by atoms with Crippen LogP contribution in [0.3, 0.4) is 0 Å². The number of aromatic nitrogens is 2. The Hall–Kier alpha value is -1.22. The largest absolute Gasteiger partial charge is 0.598 e. The first-order chi connectivity index (χ1) is 13.0. The van der Waals surface area contributed by atoms with Crippen LogP contribution < -0.4 is 10.5 Å². The molecule has 0 bridgehead atoms. The van der Waals surface area contributed by atoms with Gasteiger partial charge in [-0.3, -0.25) is 0 Å². The maximum absolute atomic E-state index is 13.7. The molecule has 0 amide bonds. The molecule has 28 heavy (non-hydrogen) atoms. The Bertz CT molecular complexity index is 808. The lowest BCUT2D eigenvalue weighted by Crippen LogP contribution is -2.44. The fraction of sp³-hybridized carbons (Fsp3) is 0.650. The van der Waals surface area contributed by atoms with Crippen molar-refractivity contribution in [2.75, 3.05) is 0 Å². The van der Waals surface area contributed by atoms with E-state index in [0.29, 0.717) is 18.7 Å². The van der Waals surface area contributed by atoms with Crippen molar-refractivity contribution in [3.63, 3.8) is 0 Å². The predicted octanol–water partition coefficient (Wildman–Crippen LogP) is 4.50. The van der Waals surface area contributed by atoms with Crippen molar-refractivity contribution in [2.45, 2.75) is 76.1 Å². The number of H-pyrrole nitrogens is 1. The van der Waals surface area contributed by atoms with Crippen molar-refractivity contribution < 1.29 is 13.3 Å². The fourth-order valence-electron chi connectivity index (χ4n) is 3.54. The lowest BCUT2D eigenvalue weighted by atomic mass is 9.82. The predicted molar refractivity (Wildman–Crippen MR) is 109 cm³/mol. The number of nitrogens with zero attached hydrogens (tertiary/aromatic N) is 1. The van der Waals surface area contributed by atoms with E-state index in [4.69, 9.17) is 5.73 Å². The second kappa shape index (κ2) is 7.89. The smallest absolute Gasteiger partial charge is 0.248 e. The minimum atomic E-state index is -2.61. The number of hydrogen-bond acceptors (Lipinski definition) is 4. The second-order valence-corrected chi connectivity index (χ2v) is 10.9. The first-order valence-corrected chi connectivity index (χ1v) is 10.9. The number of aromatic amines is 1. The first-order valence-electron chi connectivity index (χ1n) is 9.77. The van der Waals surface area contributed by atoms with Gasteiger partial charge in [0.05, 0.1) is 11.0 Å². The van der Waals surface area contributed by atoms with Crippen LogP contribution in [0.5, 0.6) is 0 Å². The molecule has 3 atom stereocenters. The third-order valence-electron chi connectivity index (χ3n) is 5.37. The van der Waals surface area contributed by atoms with E-state index < -0.39 is 22.0 Å². The summed E-state index contributed by atoms with van der Waals surface area (Å²) in [7, 11) is 0. The summed E-state index contributed by atoms with van der Waals surface area (Å²) in [4.78, 5) is 7.99. The highest BCUT2D eigenvalue weighted by Crippen LogP contribution is 2.41. The number of rotatable bonds is 5. The van der Waals surface area contributed by atoms with E-state index in [1.807, 2.05) is 45.9 Å². The molecule has 1 aliphatic rings. The summed E-state index contributed by atoms with van der Waals surface area (Å²) < 4.78 is 42.8. The number of nitrogens with one attached hydrogen (secondary N) is 2. The van der Waals surface area contributed by atoms with Gasteiger partial charge in [0.15, 0.2) is 0 Å². The van der Waals surface area contributed by atoms with Gasteiger partial charge in [-0.15, -0.1) is 4.72 Å². The Morgan fingerprint density at radius 1 is 1.32 bits per heavy atom. The Labute approximate surface area is 168 Å². The van der Waals surface area contributed by atoms with Gasteiger partial charge >= 0.3 is 0 Å². The van der Waals surface area contributed by atoms with Crippen LogP contribution in [0.25, 0.3) is 11.0 Å². The number of nitrogens with two attached hydrogens (primary N) is 1. The summed E-state index contributed by atoms with van der Waals surface area (Å²) in [6, 6.07) is 5.33. The Morgan fingerprint density at radius 3 is 2.54 bits per heavy atom. The molecule has 1 aromatic carbocycles. The average Bonchev–Trinajstić information content (AvgIpc) is 3.01. The van der Waals surface area contributed by atoms with Crippen LogP contribution in [-0.4, -0.2) is 25.2 Å². The van der Waals surface area contributed by atoms with E-state index in [2.05, 4.69) is 14.7 Å². The molecule has 0 saturated heterocycles. The summed E-state index contributed by atoms with van der Waals surface area (Å²) in [6.45, 7) is 7.57. The van der Waals surface area contributed by atoms with Crippen molar-refractivity contribution in [3.8, 4) is 0 Å². The van der Waals surface area contributed by atoms with E-state index in [-0.39, 0.29) is 30.8 Å². The highest BCUT2D eigenvalue weighted by atomic mass is 32.2. The van der Waals surface area contributed by atoms with Crippen molar-refractivity contribution in [1.29, 1.82) is 0 Å². The number of hydrogen-bond donors (Lipinski definition) is 3. The maximum atomic E-state index is 13.7. The molecule has 0 radical (unpaired) electrons. The minimum Gasteiger partial charge on any atom is -0.598 e. The zero-order valence-corrected chi connectivity index (χ0v) is 17.7. The van der Waals surface area contributed by atoms with Crippen molar-refractivity contribution in [2.24, 2.45) is 11.7 Å². The van der Waals surface area contributed by atoms with Gasteiger partial charge in [-0.2, -0.15) is 0 Å². The van der Waals surface area contributed by atoms with Gasteiger partial charge in [-0.1, -0.05) is 6.07 Å². The topological polar surface area (TPSA) is 89.8 Å². The Kier molecular flexibility index (Phi) is 6.06. The SMILES string of the molecule is C[C@H](N)c1ccc2nc([C@@H](N[S+]([O-])C(C)(C)C)C3CCC(F)(F)CC3)[nH]c2c1. The molecule has 156 valence electrons. The number of imidazole rings is 1. The van der Waals surface area contributed by atoms with Crippen LogP contribution in [0.15, 0.2) is 18.2 Å². The highest BCUT2D eigenvalue weighted by molar-refractivity contribution is 7.90. The Balaban J connectivity index is 1.92. The summed E-state index contributed by atoms with van der Waals surface area (Å²) in [6.07, 6.45) is 0.447. The number of benzene rings is 1. The van der Waals surface area contributed by atoms with Crippen LogP contribution in [-0.2, 0) is 11.4 Å². The van der Waals surface area contributed by atoms with Crippen molar-refractivity contribution in [1.82, 2.24) is 14.7 Å². The minimum absolute atomic E-state index is 0.0561. The van der Waals surface area contributed by atoms with E-state index in [1.54, 1.807) is 0 Å². The van der Waals surface area contributed by atoms with Crippen LogP contribution in [0, 0.1) is 5.92 Å². The molecule has 2 aromatic rings. The second-order valence-electron chi connectivity index (χ2n) is 8.86. The van der Waals surface area contributed by atoms with Crippen LogP contribution in [0.1, 0.15) is 76.8 Å². The molecule has 1 aromatic heterocycles. The summed E-state index contributed by atoms with van der Waals surface area (Å²) in [5.41, 5.74) is 8.59. The fourth-order valence-corrected chi connectivity index (χ4v) is 4.43. The van der Waals surface area contributed by atoms with Crippen LogP contribution in [0.2, 0.25) is 0 Å². The molecule has 4 N–H and O–H groups in total. The molecular formula is C20H30F2N4OS. The molecule has 1 fully saturated rings. The van der Waals surface area contributed by atoms with E-state index in [9.17, 15) is 13.3 Å². The van der Waals surface area contributed by atoms with Gasteiger partial charge in [0.25, 0.3) is 0 Å². The molecular weight excluding hydrogens is 382 g/mol.